The quantitative estimate of drug-likeness (QED) is 0.401. The highest BCUT2D eigenvalue weighted by Gasteiger charge is 2.15. The van der Waals surface area contributed by atoms with Crippen LogP contribution in [0.4, 0.5) is 0 Å². The lowest BCUT2D eigenvalue weighted by Gasteiger charge is -2.14. The Labute approximate surface area is 161 Å². The van der Waals surface area contributed by atoms with E-state index in [1.807, 2.05) is 19.1 Å². The van der Waals surface area contributed by atoms with Crippen molar-refractivity contribution in [1.82, 2.24) is 20.4 Å². The second kappa shape index (κ2) is 10.2. The number of rotatable bonds is 9. The first-order valence-electron chi connectivity index (χ1n) is 9.84. The van der Waals surface area contributed by atoms with Crippen LogP contribution >= 0.6 is 0 Å². The van der Waals surface area contributed by atoms with Gasteiger partial charge in [0.25, 0.3) is 0 Å². The second-order valence-corrected chi connectivity index (χ2v) is 7.11. The standard InChI is InChI=1S/C20H31N5O2/c1-16-13-17(2)25(24-16)10-4-8-21-20(23-14-18-7-12-26-15-18)22-9-6-19-5-3-11-27-19/h3,5,11,13,18H,4,6-10,12,14-15H2,1-2H3,(H2,21,22,23). The van der Waals surface area contributed by atoms with Crippen molar-refractivity contribution in [2.24, 2.45) is 10.9 Å². The molecule has 27 heavy (non-hydrogen) atoms. The van der Waals surface area contributed by atoms with E-state index in [9.17, 15) is 0 Å². The summed E-state index contributed by atoms with van der Waals surface area (Å²) in [5.41, 5.74) is 2.28. The maximum absolute atomic E-state index is 5.45. The van der Waals surface area contributed by atoms with E-state index in [1.54, 1.807) is 6.26 Å². The summed E-state index contributed by atoms with van der Waals surface area (Å²) in [6.45, 7) is 9.15. The normalized spacial score (nSPS) is 17.4. The molecule has 1 aliphatic rings. The molecule has 3 heterocycles. The minimum Gasteiger partial charge on any atom is -0.469 e. The Morgan fingerprint density at radius 2 is 2.22 bits per heavy atom. The molecule has 0 saturated carbocycles. The summed E-state index contributed by atoms with van der Waals surface area (Å²) in [6, 6.07) is 6.03. The van der Waals surface area contributed by atoms with Crippen LogP contribution in [0.3, 0.4) is 0 Å². The molecule has 0 spiro atoms. The van der Waals surface area contributed by atoms with Crippen LogP contribution in [-0.2, 0) is 17.7 Å². The van der Waals surface area contributed by atoms with Gasteiger partial charge in [0.2, 0.25) is 0 Å². The van der Waals surface area contributed by atoms with E-state index in [-0.39, 0.29) is 0 Å². The summed E-state index contributed by atoms with van der Waals surface area (Å²) in [7, 11) is 0. The Morgan fingerprint density at radius 3 is 2.93 bits per heavy atom. The molecule has 1 aliphatic heterocycles. The number of nitrogens with zero attached hydrogens (tertiary/aromatic N) is 3. The van der Waals surface area contributed by atoms with Crippen molar-refractivity contribution in [3.8, 4) is 0 Å². The second-order valence-electron chi connectivity index (χ2n) is 7.11. The molecule has 7 heteroatoms. The fourth-order valence-electron chi connectivity index (χ4n) is 3.22. The number of nitrogens with one attached hydrogen (secondary N) is 2. The zero-order valence-electron chi connectivity index (χ0n) is 16.4. The van der Waals surface area contributed by atoms with Crippen LogP contribution in [0.1, 0.15) is 30.0 Å². The van der Waals surface area contributed by atoms with Gasteiger partial charge in [-0.25, -0.2) is 0 Å². The molecule has 1 unspecified atom stereocenters. The molecule has 2 aromatic rings. The zero-order valence-corrected chi connectivity index (χ0v) is 16.4. The number of guanidine groups is 1. The summed E-state index contributed by atoms with van der Waals surface area (Å²) < 4.78 is 12.9. The number of ether oxygens (including phenoxy) is 1. The van der Waals surface area contributed by atoms with E-state index < -0.39 is 0 Å². The number of furan rings is 1. The van der Waals surface area contributed by atoms with Gasteiger partial charge in [0.1, 0.15) is 5.76 Å². The summed E-state index contributed by atoms with van der Waals surface area (Å²) in [4.78, 5) is 4.75. The third kappa shape index (κ3) is 6.43. The van der Waals surface area contributed by atoms with Crippen molar-refractivity contribution >= 4 is 5.96 Å². The molecule has 0 aromatic carbocycles. The van der Waals surface area contributed by atoms with Crippen LogP contribution in [0.5, 0.6) is 0 Å². The van der Waals surface area contributed by atoms with Crippen molar-refractivity contribution in [2.75, 3.05) is 32.8 Å². The summed E-state index contributed by atoms with van der Waals surface area (Å²) in [5, 5.41) is 11.4. The Bertz CT molecular complexity index is 702. The number of hydrogen-bond donors (Lipinski definition) is 2. The number of hydrogen-bond acceptors (Lipinski definition) is 4. The van der Waals surface area contributed by atoms with Crippen molar-refractivity contribution in [3.05, 3.63) is 41.6 Å². The van der Waals surface area contributed by atoms with Crippen LogP contribution in [0.2, 0.25) is 0 Å². The average molecular weight is 374 g/mol. The highest BCUT2D eigenvalue weighted by atomic mass is 16.5. The monoisotopic (exact) mass is 373 g/mol. The molecule has 0 radical (unpaired) electrons. The van der Waals surface area contributed by atoms with Gasteiger partial charge in [-0.15, -0.1) is 0 Å². The molecular formula is C20H31N5O2. The molecule has 2 aromatic heterocycles. The molecule has 3 rings (SSSR count). The van der Waals surface area contributed by atoms with Gasteiger partial charge in [-0.2, -0.15) is 5.10 Å². The van der Waals surface area contributed by atoms with Crippen LogP contribution in [0.15, 0.2) is 33.9 Å². The van der Waals surface area contributed by atoms with Crippen molar-refractivity contribution in [3.63, 3.8) is 0 Å². The van der Waals surface area contributed by atoms with E-state index in [0.29, 0.717) is 5.92 Å². The van der Waals surface area contributed by atoms with E-state index in [2.05, 4.69) is 33.4 Å². The van der Waals surface area contributed by atoms with Gasteiger partial charge in [-0.1, -0.05) is 0 Å². The van der Waals surface area contributed by atoms with Crippen LogP contribution < -0.4 is 10.6 Å². The van der Waals surface area contributed by atoms with Crippen molar-refractivity contribution in [2.45, 2.75) is 39.7 Å². The van der Waals surface area contributed by atoms with Crippen LogP contribution in [0, 0.1) is 19.8 Å². The van der Waals surface area contributed by atoms with E-state index in [1.165, 1.54) is 5.69 Å². The van der Waals surface area contributed by atoms with Gasteiger partial charge in [0, 0.05) is 50.8 Å². The zero-order chi connectivity index (χ0) is 18.9. The fraction of sp³-hybridized carbons (Fsp3) is 0.600. The molecule has 0 bridgehead atoms. The predicted octanol–water partition coefficient (Wildman–Crippen LogP) is 2.30. The molecule has 2 N–H and O–H groups in total. The SMILES string of the molecule is Cc1cc(C)n(CCCNC(=NCC2CCOC2)NCCc2ccco2)n1. The van der Waals surface area contributed by atoms with Gasteiger partial charge in [0.05, 0.1) is 18.6 Å². The van der Waals surface area contributed by atoms with Gasteiger partial charge in [-0.3, -0.25) is 9.67 Å². The van der Waals surface area contributed by atoms with Crippen molar-refractivity contribution < 1.29 is 9.15 Å². The molecular weight excluding hydrogens is 342 g/mol. The Balaban J connectivity index is 1.44. The minimum absolute atomic E-state index is 0.531. The van der Waals surface area contributed by atoms with E-state index in [0.717, 1.165) is 76.1 Å². The average Bonchev–Trinajstić information content (AvgIpc) is 3.39. The molecule has 148 valence electrons. The summed E-state index contributed by atoms with van der Waals surface area (Å²) >= 11 is 0. The predicted molar refractivity (Wildman–Crippen MR) is 106 cm³/mol. The van der Waals surface area contributed by atoms with E-state index >= 15 is 0 Å². The van der Waals surface area contributed by atoms with Gasteiger partial charge in [-0.05, 0) is 44.9 Å². The third-order valence-electron chi connectivity index (χ3n) is 4.72. The lowest BCUT2D eigenvalue weighted by molar-refractivity contribution is 0.187. The Kier molecular flexibility index (Phi) is 7.33. The highest BCUT2D eigenvalue weighted by Crippen LogP contribution is 2.12. The maximum Gasteiger partial charge on any atom is 0.191 e. The molecule has 1 atom stereocenters. The fourth-order valence-corrected chi connectivity index (χ4v) is 3.22. The van der Waals surface area contributed by atoms with Crippen molar-refractivity contribution in [1.29, 1.82) is 0 Å². The molecule has 0 aliphatic carbocycles. The minimum atomic E-state index is 0.531. The van der Waals surface area contributed by atoms with E-state index in [4.69, 9.17) is 14.1 Å². The van der Waals surface area contributed by atoms with Gasteiger partial charge >= 0.3 is 0 Å². The lowest BCUT2D eigenvalue weighted by atomic mass is 10.1. The van der Waals surface area contributed by atoms with Gasteiger partial charge < -0.3 is 19.8 Å². The summed E-state index contributed by atoms with van der Waals surface area (Å²) in [5.74, 6) is 2.38. The molecule has 1 saturated heterocycles. The third-order valence-corrected chi connectivity index (χ3v) is 4.72. The Morgan fingerprint density at radius 1 is 1.33 bits per heavy atom. The summed E-state index contributed by atoms with van der Waals surface area (Å²) in [6.07, 6.45) is 4.64. The molecule has 0 amide bonds. The first-order valence-corrected chi connectivity index (χ1v) is 9.84. The molecule has 1 fully saturated rings. The topological polar surface area (TPSA) is 76.6 Å². The number of aromatic nitrogens is 2. The smallest absolute Gasteiger partial charge is 0.191 e. The van der Waals surface area contributed by atoms with Gasteiger partial charge in [0.15, 0.2) is 5.96 Å². The highest BCUT2D eigenvalue weighted by molar-refractivity contribution is 5.79. The lowest BCUT2D eigenvalue weighted by Crippen LogP contribution is -2.39. The maximum atomic E-state index is 5.45. The van der Waals surface area contributed by atoms with Crippen LogP contribution in [-0.4, -0.2) is 48.6 Å². The van der Waals surface area contributed by atoms with Crippen LogP contribution in [0.25, 0.3) is 0 Å². The Hall–Kier alpha value is -2.28. The first kappa shape index (κ1) is 19.5. The number of aryl methyl sites for hydroxylation is 3. The first-order chi connectivity index (χ1) is 13.2. The largest absolute Gasteiger partial charge is 0.469 e. The number of aliphatic imine (C=N–C) groups is 1. The molecule has 7 nitrogen and oxygen atoms in total.